The summed E-state index contributed by atoms with van der Waals surface area (Å²) in [5.74, 6) is -0.967. The van der Waals surface area contributed by atoms with Crippen LogP contribution in [0.4, 0.5) is 5.69 Å². The van der Waals surface area contributed by atoms with Gasteiger partial charge in [-0.15, -0.1) is 5.10 Å². The minimum Gasteiger partial charge on any atom is -0.456 e. The molecule has 30 heavy (non-hydrogen) atoms. The highest BCUT2D eigenvalue weighted by atomic mass is 16.5. The van der Waals surface area contributed by atoms with Gasteiger partial charge in [0.05, 0.1) is 6.42 Å². The van der Waals surface area contributed by atoms with E-state index in [-0.39, 0.29) is 18.1 Å². The standard InChI is InChI=1S/C21H19N5O4/c1-25-17-8-7-15(10-16(17)11-20(25)28)19(27)12-30-21(29)18(26-13-22-23-24-26)9-14-5-3-2-4-6-14/h2-8,10,13,18H,9,11-12H2,1H3/t18-/m0/s1. The molecule has 0 unspecified atom stereocenters. The lowest BCUT2D eigenvalue weighted by molar-refractivity contribution is -0.146. The predicted molar refractivity (Wildman–Crippen MR) is 106 cm³/mol. The molecular weight excluding hydrogens is 386 g/mol. The lowest BCUT2D eigenvalue weighted by atomic mass is 10.1. The number of hydrogen-bond acceptors (Lipinski definition) is 7. The van der Waals surface area contributed by atoms with Crippen LogP contribution in [-0.4, -0.2) is 51.5 Å². The molecule has 2 heterocycles. The second-order valence-electron chi connectivity index (χ2n) is 7.00. The van der Waals surface area contributed by atoms with Crippen molar-refractivity contribution in [3.8, 4) is 0 Å². The van der Waals surface area contributed by atoms with E-state index < -0.39 is 18.6 Å². The Morgan fingerprint density at radius 1 is 1.17 bits per heavy atom. The number of Topliss-reactive ketones (excluding diaryl/α,β-unsaturated/α-hetero) is 1. The number of aromatic nitrogens is 4. The molecule has 0 spiro atoms. The third-order valence-electron chi connectivity index (χ3n) is 5.05. The van der Waals surface area contributed by atoms with Crippen LogP contribution in [-0.2, 0) is 27.2 Å². The highest BCUT2D eigenvalue weighted by molar-refractivity contribution is 6.04. The minimum atomic E-state index is -0.790. The van der Waals surface area contributed by atoms with Gasteiger partial charge in [0.2, 0.25) is 5.91 Å². The van der Waals surface area contributed by atoms with Crippen LogP contribution in [0.1, 0.15) is 27.5 Å². The topological polar surface area (TPSA) is 107 Å². The van der Waals surface area contributed by atoms with Gasteiger partial charge < -0.3 is 9.64 Å². The summed E-state index contributed by atoms with van der Waals surface area (Å²) in [4.78, 5) is 38.6. The molecule has 0 bridgehead atoms. The fourth-order valence-electron chi connectivity index (χ4n) is 3.39. The van der Waals surface area contributed by atoms with Gasteiger partial charge in [-0.2, -0.15) is 0 Å². The molecule has 4 rings (SSSR count). The number of anilines is 1. The monoisotopic (exact) mass is 405 g/mol. The third kappa shape index (κ3) is 3.95. The zero-order valence-corrected chi connectivity index (χ0v) is 16.3. The van der Waals surface area contributed by atoms with Gasteiger partial charge in [-0.3, -0.25) is 9.59 Å². The van der Waals surface area contributed by atoms with E-state index in [1.54, 1.807) is 30.1 Å². The summed E-state index contributed by atoms with van der Waals surface area (Å²) in [5.41, 5.74) is 2.88. The lowest BCUT2D eigenvalue weighted by Gasteiger charge is -2.15. The van der Waals surface area contributed by atoms with Crippen LogP contribution in [0.25, 0.3) is 0 Å². The Labute approximate surface area is 172 Å². The van der Waals surface area contributed by atoms with Crippen LogP contribution in [0.15, 0.2) is 54.9 Å². The van der Waals surface area contributed by atoms with Gasteiger partial charge in [0.25, 0.3) is 0 Å². The molecule has 1 aliphatic rings. The Hall–Kier alpha value is -3.88. The van der Waals surface area contributed by atoms with E-state index in [1.807, 2.05) is 30.3 Å². The average Bonchev–Trinajstić information content (AvgIpc) is 3.39. The summed E-state index contributed by atoms with van der Waals surface area (Å²) >= 11 is 0. The Bertz CT molecular complexity index is 1080. The molecular formula is C21H19N5O4. The summed E-state index contributed by atoms with van der Waals surface area (Å²) < 4.78 is 6.61. The minimum absolute atomic E-state index is 0.0220. The first kappa shape index (κ1) is 19.4. The number of ether oxygens (including phenoxy) is 1. The van der Waals surface area contributed by atoms with Gasteiger partial charge in [0.15, 0.2) is 18.4 Å². The first-order valence-electron chi connectivity index (χ1n) is 9.38. The van der Waals surface area contributed by atoms with Crippen molar-refractivity contribution in [3.05, 3.63) is 71.5 Å². The van der Waals surface area contributed by atoms with Crippen molar-refractivity contribution >= 4 is 23.3 Å². The van der Waals surface area contributed by atoms with Gasteiger partial charge in [0.1, 0.15) is 6.33 Å². The smallest absolute Gasteiger partial charge is 0.331 e. The molecule has 1 atom stereocenters. The van der Waals surface area contributed by atoms with Gasteiger partial charge in [-0.25, -0.2) is 9.48 Å². The molecule has 1 aromatic heterocycles. The number of rotatable bonds is 7. The molecule has 0 N–H and O–H groups in total. The maximum absolute atomic E-state index is 12.7. The number of ketones is 1. The van der Waals surface area contributed by atoms with E-state index >= 15 is 0 Å². The van der Waals surface area contributed by atoms with Crippen molar-refractivity contribution in [2.45, 2.75) is 18.9 Å². The number of amides is 1. The van der Waals surface area contributed by atoms with Crippen LogP contribution in [0, 0.1) is 0 Å². The van der Waals surface area contributed by atoms with E-state index in [0.717, 1.165) is 16.8 Å². The number of tetrazole rings is 1. The number of carbonyl (C=O) groups is 3. The molecule has 0 aliphatic carbocycles. The molecule has 9 nitrogen and oxygen atoms in total. The highest BCUT2D eigenvalue weighted by Crippen LogP contribution is 2.28. The van der Waals surface area contributed by atoms with Gasteiger partial charge in [-0.05, 0) is 39.8 Å². The molecule has 1 amide bonds. The summed E-state index contributed by atoms with van der Waals surface area (Å²) in [6, 6.07) is 13.7. The van der Waals surface area contributed by atoms with Crippen LogP contribution in [0.2, 0.25) is 0 Å². The molecule has 9 heteroatoms. The van der Waals surface area contributed by atoms with Crippen LogP contribution < -0.4 is 4.90 Å². The van der Waals surface area contributed by atoms with Gasteiger partial charge in [0, 0.05) is 24.7 Å². The number of fused-ring (bicyclic) bond motifs is 1. The maximum atomic E-state index is 12.7. The maximum Gasteiger partial charge on any atom is 0.331 e. The third-order valence-corrected chi connectivity index (χ3v) is 5.05. The number of nitrogens with zero attached hydrogens (tertiary/aromatic N) is 5. The molecule has 3 aromatic rings. The fraction of sp³-hybridized carbons (Fsp3) is 0.238. The van der Waals surface area contributed by atoms with Gasteiger partial charge >= 0.3 is 5.97 Å². The summed E-state index contributed by atoms with van der Waals surface area (Å²) in [6.45, 7) is -0.408. The molecule has 0 saturated carbocycles. The van der Waals surface area contributed by atoms with Crippen molar-refractivity contribution in [2.24, 2.45) is 0 Å². The number of carbonyl (C=O) groups excluding carboxylic acids is 3. The normalized spacial score (nSPS) is 13.8. The molecule has 1 aliphatic heterocycles. The molecule has 0 saturated heterocycles. The fourth-order valence-corrected chi connectivity index (χ4v) is 3.39. The van der Waals surface area contributed by atoms with Crippen LogP contribution >= 0.6 is 0 Å². The number of likely N-dealkylation sites (N-methyl/N-ethyl adjacent to an activating group) is 1. The molecule has 0 fully saturated rings. The zero-order valence-electron chi connectivity index (χ0n) is 16.3. The lowest BCUT2D eigenvalue weighted by Crippen LogP contribution is -2.26. The first-order chi connectivity index (χ1) is 14.5. The van der Waals surface area contributed by atoms with E-state index in [9.17, 15) is 14.4 Å². The van der Waals surface area contributed by atoms with E-state index in [2.05, 4.69) is 15.5 Å². The molecule has 2 aromatic carbocycles. The van der Waals surface area contributed by atoms with E-state index in [4.69, 9.17) is 4.74 Å². The average molecular weight is 405 g/mol. The van der Waals surface area contributed by atoms with Crippen LogP contribution in [0.3, 0.4) is 0 Å². The predicted octanol–water partition coefficient (Wildman–Crippen LogP) is 1.40. The van der Waals surface area contributed by atoms with Crippen LogP contribution in [0.5, 0.6) is 0 Å². The van der Waals surface area contributed by atoms with E-state index in [0.29, 0.717) is 12.0 Å². The summed E-state index contributed by atoms with van der Waals surface area (Å²) in [6.07, 6.45) is 1.92. The Balaban J connectivity index is 1.44. The Kier molecular flexibility index (Phi) is 5.34. The van der Waals surface area contributed by atoms with Crippen molar-refractivity contribution in [2.75, 3.05) is 18.6 Å². The number of benzene rings is 2. The molecule has 152 valence electrons. The Morgan fingerprint density at radius 3 is 2.70 bits per heavy atom. The zero-order chi connectivity index (χ0) is 21.1. The van der Waals surface area contributed by atoms with Crippen molar-refractivity contribution in [3.63, 3.8) is 0 Å². The number of hydrogen-bond donors (Lipinski definition) is 0. The Morgan fingerprint density at radius 2 is 1.97 bits per heavy atom. The second kappa shape index (κ2) is 8.24. The van der Waals surface area contributed by atoms with Crippen molar-refractivity contribution in [1.29, 1.82) is 0 Å². The summed E-state index contributed by atoms with van der Waals surface area (Å²) in [5, 5.41) is 11.0. The molecule has 0 radical (unpaired) electrons. The van der Waals surface area contributed by atoms with Gasteiger partial charge in [-0.1, -0.05) is 30.3 Å². The SMILES string of the molecule is CN1C(=O)Cc2cc(C(=O)COC(=O)[C@H](Cc3ccccc3)n3cnnn3)ccc21. The largest absolute Gasteiger partial charge is 0.456 e. The summed E-state index contributed by atoms with van der Waals surface area (Å²) in [7, 11) is 1.70. The highest BCUT2D eigenvalue weighted by Gasteiger charge is 2.27. The second-order valence-corrected chi connectivity index (χ2v) is 7.00. The quantitative estimate of drug-likeness (QED) is 0.432. The van der Waals surface area contributed by atoms with Crippen molar-refractivity contribution in [1.82, 2.24) is 20.2 Å². The van der Waals surface area contributed by atoms with E-state index in [1.165, 1.54) is 11.0 Å². The number of esters is 1. The van der Waals surface area contributed by atoms with Crippen molar-refractivity contribution < 1.29 is 19.1 Å². The first-order valence-corrected chi connectivity index (χ1v) is 9.38.